The van der Waals surface area contributed by atoms with Gasteiger partial charge in [-0.15, -0.1) is 0 Å². The van der Waals surface area contributed by atoms with E-state index >= 15 is 0 Å². The molecule has 0 unspecified atom stereocenters. The zero-order valence-electron chi connectivity index (χ0n) is 13.7. The lowest BCUT2D eigenvalue weighted by Gasteiger charge is -2.16. The zero-order valence-corrected chi connectivity index (χ0v) is 13.7. The first-order valence-corrected chi connectivity index (χ1v) is 7.58. The molecule has 1 heterocycles. The molecule has 24 heavy (non-hydrogen) atoms. The van der Waals surface area contributed by atoms with Crippen LogP contribution in [0.1, 0.15) is 19.4 Å². The van der Waals surface area contributed by atoms with E-state index in [9.17, 15) is 20.1 Å². The van der Waals surface area contributed by atoms with Gasteiger partial charge in [-0.05, 0) is 26.0 Å². The average molecular weight is 325 g/mol. The van der Waals surface area contributed by atoms with Crippen LogP contribution in [0.5, 0.6) is 11.5 Å². The Morgan fingerprint density at radius 2 is 1.79 bits per heavy atom. The van der Waals surface area contributed by atoms with Gasteiger partial charge in [0.25, 0.3) is 0 Å². The Balaban J connectivity index is 2.54. The SMILES string of the molecule is Cn1c2ccccc2c(=O)c2c(O)cc(O)c(C=CC(C)(C)O)c21. The Hall–Kier alpha value is -2.79. The molecule has 0 fully saturated rings. The Morgan fingerprint density at radius 3 is 2.46 bits per heavy atom. The van der Waals surface area contributed by atoms with Crippen LogP contribution in [0.15, 0.2) is 41.2 Å². The average Bonchev–Trinajstić information content (AvgIpc) is 2.50. The van der Waals surface area contributed by atoms with E-state index in [1.807, 2.05) is 6.07 Å². The summed E-state index contributed by atoms with van der Waals surface area (Å²) in [6, 6.07) is 8.25. The first-order valence-electron chi connectivity index (χ1n) is 7.58. The van der Waals surface area contributed by atoms with Crippen LogP contribution in [-0.4, -0.2) is 25.5 Å². The van der Waals surface area contributed by atoms with Crippen molar-refractivity contribution in [1.29, 1.82) is 0 Å². The number of aryl methyl sites for hydroxylation is 1. The van der Waals surface area contributed by atoms with Gasteiger partial charge in [0.15, 0.2) is 0 Å². The number of aromatic hydroxyl groups is 2. The van der Waals surface area contributed by atoms with E-state index in [1.165, 1.54) is 6.08 Å². The molecule has 0 bridgehead atoms. The van der Waals surface area contributed by atoms with Gasteiger partial charge in [0.2, 0.25) is 5.43 Å². The summed E-state index contributed by atoms with van der Waals surface area (Å²) in [7, 11) is 1.77. The Morgan fingerprint density at radius 1 is 1.12 bits per heavy atom. The molecule has 0 saturated heterocycles. The molecule has 2 aromatic carbocycles. The number of hydrogen-bond donors (Lipinski definition) is 3. The van der Waals surface area contributed by atoms with Gasteiger partial charge in [-0.25, -0.2) is 0 Å². The number of para-hydroxylation sites is 1. The summed E-state index contributed by atoms with van der Waals surface area (Å²) < 4.78 is 1.76. The minimum atomic E-state index is -1.08. The largest absolute Gasteiger partial charge is 0.507 e. The second kappa shape index (κ2) is 5.39. The molecule has 3 rings (SSSR count). The van der Waals surface area contributed by atoms with Crippen molar-refractivity contribution < 1.29 is 15.3 Å². The summed E-state index contributed by atoms with van der Waals surface area (Å²) in [5.74, 6) is -0.431. The Bertz CT molecular complexity index is 1040. The van der Waals surface area contributed by atoms with Gasteiger partial charge in [0.05, 0.1) is 22.0 Å². The van der Waals surface area contributed by atoms with E-state index in [4.69, 9.17) is 0 Å². The van der Waals surface area contributed by atoms with E-state index in [1.54, 1.807) is 49.7 Å². The predicted molar refractivity (Wildman–Crippen MR) is 95.4 cm³/mol. The van der Waals surface area contributed by atoms with Gasteiger partial charge in [-0.1, -0.05) is 24.3 Å². The van der Waals surface area contributed by atoms with E-state index in [0.29, 0.717) is 22.0 Å². The minimum Gasteiger partial charge on any atom is -0.507 e. The monoisotopic (exact) mass is 325 g/mol. The minimum absolute atomic E-state index is 0.143. The van der Waals surface area contributed by atoms with E-state index in [0.717, 1.165) is 6.07 Å². The molecule has 0 aliphatic heterocycles. The second-order valence-electron chi connectivity index (χ2n) is 6.44. The molecule has 5 nitrogen and oxygen atoms in total. The second-order valence-corrected chi connectivity index (χ2v) is 6.44. The molecule has 0 aliphatic carbocycles. The van der Waals surface area contributed by atoms with E-state index in [2.05, 4.69) is 0 Å². The van der Waals surface area contributed by atoms with Gasteiger partial charge in [-0.3, -0.25) is 4.79 Å². The number of nitrogens with zero attached hydrogens (tertiary/aromatic N) is 1. The fraction of sp³-hybridized carbons (Fsp3) is 0.211. The van der Waals surface area contributed by atoms with E-state index in [-0.39, 0.29) is 22.3 Å². The summed E-state index contributed by atoms with van der Waals surface area (Å²) in [4.78, 5) is 12.8. The van der Waals surface area contributed by atoms with Crippen molar-refractivity contribution in [3.63, 3.8) is 0 Å². The van der Waals surface area contributed by atoms with Crippen molar-refractivity contribution in [1.82, 2.24) is 4.57 Å². The molecule has 0 atom stereocenters. The third-order valence-corrected chi connectivity index (χ3v) is 4.03. The lowest BCUT2D eigenvalue weighted by atomic mass is 10.0. The lowest BCUT2D eigenvalue weighted by Crippen LogP contribution is -2.14. The highest BCUT2D eigenvalue weighted by Gasteiger charge is 2.18. The fourth-order valence-corrected chi connectivity index (χ4v) is 2.89. The number of benzene rings is 2. The van der Waals surface area contributed by atoms with Crippen LogP contribution < -0.4 is 5.43 Å². The molecule has 0 amide bonds. The number of phenolic OH excluding ortho intramolecular Hbond substituents is 2. The van der Waals surface area contributed by atoms with Crippen LogP contribution in [0.25, 0.3) is 27.9 Å². The normalized spacial score (nSPS) is 12.5. The van der Waals surface area contributed by atoms with Crippen molar-refractivity contribution in [3.8, 4) is 11.5 Å². The van der Waals surface area contributed by atoms with Gasteiger partial charge >= 0.3 is 0 Å². The van der Waals surface area contributed by atoms with Crippen molar-refractivity contribution in [3.05, 3.63) is 52.2 Å². The molecule has 1 aromatic heterocycles. The predicted octanol–water partition coefficient (Wildman–Crippen LogP) is 2.89. The first-order chi connectivity index (χ1) is 11.2. The molecule has 3 aromatic rings. The summed E-state index contributed by atoms with van der Waals surface area (Å²) >= 11 is 0. The smallest absolute Gasteiger partial charge is 0.200 e. The first kappa shape index (κ1) is 16.1. The molecule has 0 aliphatic rings. The van der Waals surface area contributed by atoms with Crippen LogP contribution in [0.3, 0.4) is 0 Å². The number of fused-ring (bicyclic) bond motifs is 2. The molecule has 0 radical (unpaired) electrons. The molecular formula is C19H19NO4. The molecule has 0 spiro atoms. The summed E-state index contributed by atoms with van der Waals surface area (Å²) in [5, 5.41) is 31.0. The van der Waals surface area contributed by atoms with Crippen molar-refractivity contribution in [2.24, 2.45) is 7.05 Å². The van der Waals surface area contributed by atoms with Crippen molar-refractivity contribution >= 4 is 27.9 Å². The number of aliphatic hydroxyl groups is 1. The van der Waals surface area contributed by atoms with Crippen LogP contribution >= 0.6 is 0 Å². The highest BCUT2D eigenvalue weighted by atomic mass is 16.3. The Kier molecular flexibility index (Phi) is 3.61. The number of hydrogen-bond acceptors (Lipinski definition) is 4. The van der Waals surface area contributed by atoms with Crippen LogP contribution in [0, 0.1) is 0 Å². The van der Waals surface area contributed by atoms with Gasteiger partial charge in [0, 0.05) is 24.1 Å². The summed E-state index contributed by atoms with van der Waals surface area (Å²) in [6.45, 7) is 3.22. The number of aromatic nitrogens is 1. The fourth-order valence-electron chi connectivity index (χ4n) is 2.89. The zero-order chi connectivity index (χ0) is 17.6. The maximum atomic E-state index is 12.8. The molecule has 124 valence electrons. The maximum absolute atomic E-state index is 12.8. The molecule has 5 heteroatoms. The summed E-state index contributed by atoms with van der Waals surface area (Å²) in [5.41, 5.74) is 0.103. The number of pyridine rings is 1. The standard InChI is InChI=1S/C19H19NO4/c1-19(2,24)9-8-12-14(21)10-15(22)16-17(12)20(3)13-7-5-4-6-11(13)18(16)23/h4-10,21-22,24H,1-3H3. The van der Waals surface area contributed by atoms with Crippen LogP contribution in [0.4, 0.5) is 0 Å². The number of phenols is 2. The highest BCUT2D eigenvalue weighted by Crippen LogP contribution is 2.35. The summed E-state index contributed by atoms with van der Waals surface area (Å²) in [6.07, 6.45) is 3.09. The van der Waals surface area contributed by atoms with E-state index < -0.39 is 5.60 Å². The van der Waals surface area contributed by atoms with Crippen LogP contribution in [-0.2, 0) is 7.05 Å². The topological polar surface area (TPSA) is 82.7 Å². The van der Waals surface area contributed by atoms with Gasteiger partial charge in [0.1, 0.15) is 11.5 Å². The maximum Gasteiger partial charge on any atom is 0.200 e. The van der Waals surface area contributed by atoms with Crippen molar-refractivity contribution in [2.45, 2.75) is 19.4 Å². The quantitative estimate of drug-likeness (QED) is 0.633. The third-order valence-electron chi connectivity index (χ3n) is 4.03. The third kappa shape index (κ3) is 2.53. The van der Waals surface area contributed by atoms with Crippen molar-refractivity contribution in [2.75, 3.05) is 0 Å². The lowest BCUT2D eigenvalue weighted by molar-refractivity contribution is 0.134. The van der Waals surface area contributed by atoms with Crippen LogP contribution in [0.2, 0.25) is 0 Å². The number of rotatable bonds is 2. The Labute approximate surface area is 138 Å². The molecular weight excluding hydrogens is 306 g/mol. The molecule has 0 saturated carbocycles. The van der Waals surface area contributed by atoms with Gasteiger partial charge < -0.3 is 19.9 Å². The van der Waals surface area contributed by atoms with Gasteiger partial charge in [-0.2, -0.15) is 0 Å². The molecule has 3 N–H and O–H groups in total. The highest BCUT2D eigenvalue weighted by molar-refractivity contribution is 6.01.